The largest absolute Gasteiger partial charge is 0.490 e. The first kappa shape index (κ1) is 52.8. The SMILES string of the molecule is CCCCCCCCOc1ccc(CCCCCCCC)cc1OS(=O)Nc1cc(C(=O)N(CC(CC)CCCC)CC(CC)CCCC)cc(-c2nc3cc(C(C)(C)C)[nH]n3n2)c1. The zero-order chi connectivity index (χ0) is 46.3. The normalized spacial score (nSPS) is 13.3. The summed E-state index contributed by atoms with van der Waals surface area (Å²) in [7, 11) is 0. The number of aromatic nitrogens is 4. The van der Waals surface area contributed by atoms with Gasteiger partial charge in [0.25, 0.3) is 5.91 Å². The molecule has 1 amide bonds. The number of unbranched alkanes of at least 4 members (excludes halogenated alkanes) is 12. The van der Waals surface area contributed by atoms with E-state index in [1.54, 1.807) is 4.63 Å². The smallest absolute Gasteiger partial charge is 0.316 e. The number of amides is 1. The average molecular weight is 903 g/mol. The van der Waals surface area contributed by atoms with Crippen molar-refractivity contribution in [2.45, 2.75) is 203 Å². The lowest BCUT2D eigenvalue weighted by molar-refractivity contribution is 0.0685. The predicted molar refractivity (Wildman–Crippen MR) is 269 cm³/mol. The number of fused-ring (bicyclic) bond motifs is 1. The van der Waals surface area contributed by atoms with E-state index in [-0.39, 0.29) is 11.3 Å². The number of carbonyl (C=O) groups is 1. The summed E-state index contributed by atoms with van der Waals surface area (Å²) >= 11 is -2.02. The molecule has 2 aromatic heterocycles. The molecule has 0 aliphatic rings. The van der Waals surface area contributed by atoms with Gasteiger partial charge in [-0.25, -0.2) is 4.98 Å². The third-order valence-electron chi connectivity index (χ3n) is 12.7. The van der Waals surface area contributed by atoms with Crippen molar-refractivity contribution in [2.75, 3.05) is 24.4 Å². The summed E-state index contributed by atoms with van der Waals surface area (Å²) < 4.78 is 31.5. The van der Waals surface area contributed by atoms with Gasteiger partial charge in [0.2, 0.25) is 0 Å². The average Bonchev–Trinajstić information content (AvgIpc) is 3.88. The molecule has 0 bridgehead atoms. The second-order valence-corrected chi connectivity index (χ2v) is 20.1. The van der Waals surface area contributed by atoms with Crippen molar-refractivity contribution in [3.8, 4) is 22.9 Å². The predicted octanol–water partition coefficient (Wildman–Crippen LogP) is 14.6. The van der Waals surface area contributed by atoms with Crippen molar-refractivity contribution in [1.29, 1.82) is 0 Å². The molecular formula is C53H86N6O4S. The zero-order valence-electron chi connectivity index (χ0n) is 41.5. The Morgan fingerprint density at radius 1 is 0.750 bits per heavy atom. The highest BCUT2D eigenvalue weighted by Crippen LogP contribution is 2.32. The molecule has 2 heterocycles. The number of ether oxygens (including phenoxy) is 1. The van der Waals surface area contributed by atoms with Gasteiger partial charge < -0.3 is 13.8 Å². The fraction of sp³-hybridized carbons (Fsp3) is 0.679. The van der Waals surface area contributed by atoms with Gasteiger partial charge in [-0.1, -0.05) is 171 Å². The zero-order valence-corrected chi connectivity index (χ0v) is 42.3. The lowest BCUT2D eigenvalue weighted by atomic mass is 9.93. The molecule has 0 aliphatic carbocycles. The fourth-order valence-electron chi connectivity index (χ4n) is 8.37. The van der Waals surface area contributed by atoms with Crippen LogP contribution in [0.4, 0.5) is 5.69 Å². The van der Waals surface area contributed by atoms with E-state index in [1.807, 2.05) is 36.4 Å². The number of anilines is 1. The molecule has 4 rings (SSSR count). The highest BCUT2D eigenvalue weighted by molar-refractivity contribution is 7.82. The van der Waals surface area contributed by atoms with Crippen LogP contribution in [-0.4, -0.2) is 54.5 Å². The lowest BCUT2D eigenvalue weighted by Gasteiger charge is -2.31. The number of rotatable bonds is 33. The maximum atomic E-state index is 14.9. The van der Waals surface area contributed by atoms with Crippen molar-refractivity contribution in [2.24, 2.45) is 11.8 Å². The van der Waals surface area contributed by atoms with Crippen molar-refractivity contribution in [1.82, 2.24) is 24.7 Å². The highest BCUT2D eigenvalue weighted by Gasteiger charge is 2.25. The van der Waals surface area contributed by atoms with Crippen LogP contribution in [0.15, 0.2) is 42.5 Å². The summed E-state index contributed by atoms with van der Waals surface area (Å²) in [5, 5.41) is 8.22. The molecule has 2 aromatic carbocycles. The third-order valence-corrected chi connectivity index (χ3v) is 13.4. The van der Waals surface area contributed by atoms with Crippen molar-refractivity contribution >= 4 is 28.5 Å². The van der Waals surface area contributed by atoms with E-state index in [1.165, 1.54) is 57.8 Å². The van der Waals surface area contributed by atoms with Crippen molar-refractivity contribution in [3.05, 3.63) is 59.3 Å². The molecular weight excluding hydrogens is 817 g/mol. The molecule has 0 spiro atoms. The van der Waals surface area contributed by atoms with Gasteiger partial charge in [-0.3, -0.25) is 14.6 Å². The summed E-state index contributed by atoms with van der Waals surface area (Å²) in [6.45, 7) is 21.8. The molecule has 64 heavy (non-hydrogen) atoms. The summed E-state index contributed by atoms with van der Waals surface area (Å²) in [6.07, 6.45) is 24.0. The Balaban J connectivity index is 1.68. The van der Waals surface area contributed by atoms with Crippen LogP contribution >= 0.6 is 0 Å². The lowest BCUT2D eigenvalue weighted by Crippen LogP contribution is -2.39. The number of H-pyrrole nitrogens is 1. The first-order chi connectivity index (χ1) is 30.9. The fourth-order valence-corrected chi connectivity index (χ4v) is 9.01. The molecule has 0 aliphatic heterocycles. The number of benzene rings is 2. The topological polar surface area (TPSA) is 114 Å². The van der Waals surface area contributed by atoms with Gasteiger partial charge in [0.15, 0.2) is 23.0 Å². The molecule has 11 heteroatoms. The molecule has 3 atom stereocenters. The van der Waals surface area contributed by atoms with Crippen LogP contribution in [0.5, 0.6) is 11.5 Å². The number of nitrogens with one attached hydrogen (secondary N) is 2. The molecule has 10 nitrogen and oxygen atoms in total. The van der Waals surface area contributed by atoms with E-state index in [4.69, 9.17) is 19.0 Å². The molecule has 0 saturated carbocycles. The van der Waals surface area contributed by atoms with Gasteiger partial charge in [-0.15, -0.1) is 5.10 Å². The molecule has 0 fully saturated rings. The van der Waals surface area contributed by atoms with Crippen LogP contribution in [0.1, 0.15) is 212 Å². The van der Waals surface area contributed by atoms with E-state index in [9.17, 15) is 9.00 Å². The van der Waals surface area contributed by atoms with E-state index in [0.29, 0.717) is 71.3 Å². The summed E-state index contributed by atoms with van der Waals surface area (Å²) in [5.41, 5.74) is 4.39. The number of aromatic amines is 1. The molecule has 0 saturated heterocycles. The number of hydrogen-bond acceptors (Lipinski definition) is 6. The second-order valence-electron chi connectivity index (χ2n) is 19.3. The molecule has 358 valence electrons. The van der Waals surface area contributed by atoms with Crippen LogP contribution < -0.4 is 13.6 Å². The summed E-state index contributed by atoms with van der Waals surface area (Å²) in [6, 6.07) is 13.6. The quantitative estimate of drug-likeness (QED) is 0.0460. The van der Waals surface area contributed by atoms with Crippen LogP contribution in [0.2, 0.25) is 0 Å². The highest BCUT2D eigenvalue weighted by atomic mass is 32.2. The van der Waals surface area contributed by atoms with E-state index in [2.05, 4.69) is 83.1 Å². The van der Waals surface area contributed by atoms with Gasteiger partial charge in [0, 0.05) is 41.4 Å². The Bertz CT molecular complexity index is 1920. The van der Waals surface area contributed by atoms with Crippen LogP contribution in [0.3, 0.4) is 0 Å². The van der Waals surface area contributed by atoms with Gasteiger partial charge >= 0.3 is 11.3 Å². The number of aryl methyl sites for hydroxylation is 1. The number of carbonyl (C=O) groups excluding carboxylic acids is 1. The second kappa shape index (κ2) is 28.2. The Morgan fingerprint density at radius 3 is 1.95 bits per heavy atom. The Hall–Kier alpha value is -3.86. The molecule has 4 aromatic rings. The van der Waals surface area contributed by atoms with E-state index in [0.717, 1.165) is 88.3 Å². The Morgan fingerprint density at radius 2 is 1.36 bits per heavy atom. The maximum absolute atomic E-state index is 14.9. The van der Waals surface area contributed by atoms with Crippen LogP contribution in [0.25, 0.3) is 17.0 Å². The third kappa shape index (κ3) is 17.5. The first-order valence-electron chi connectivity index (χ1n) is 25.5. The van der Waals surface area contributed by atoms with Gasteiger partial charge in [0.05, 0.1) is 12.3 Å². The monoisotopic (exact) mass is 903 g/mol. The van der Waals surface area contributed by atoms with Gasteiger partial charge in [-0.2, -0.15) is 8.84 Å². The first-order valence-corrected chi connectivity index (χ1v) is 26.5. The van der Waals surface area contributed by atoms with Crippen LogP contribution in [-0.2, 0) is 23.1 Å². The number of hydrogen-bond donors (Lipinski definition) is 2. The number of nitrogens with zero attached hydrogens (tertiary/aromatic N) is 4. The minimum atomic E-state index is -2.02. The summed E-state index contributed by atoms with van der Waals surface area (Å²) in [4.78, 5) is 21.9. The van der Waals surface area contributed by atoms with E-state index < -0.39 is 11.3 Å². The van der Waals surface area contributed by atoms with Crippen LogP contribution in [0, 0.1) is 11.8 Å². The van der Waals surface area contributed by atoms with Gasteiger partial charge in [0.1, 0.15) is 0 Å². The maximum Gasteiger partial charge on any atom is 0.316 e. The Kier molecular flexibility index (Phi) is 23.3. The summed E-state index contributed by atoms with van der Waals surface area (Å²) in [5.74, 6) is 2.30. The minimum Gasteiger partial charge on any atom is -0.490 e. The molecule has 0 radical (unpaired) electrons. The van der Waals surface area contributed by atoms with E-state index >= 15 is 0 Å². The standard InChI is InChI=1S/C53H86N6O4S/c1-10-16-20-22-24-26-30-43-31-32-47(62-33-27-25-23-21-17-11-2)48(34-43)63-64(61)57-46-36-44(51-54-50-38-49(53(7,8)9)55-59(50)56-51)35-45(37-46)52(60)58(39-41(14-5)28-18-12-3)40-42(15-6)29-19-13-4/h31-32,34-38,41-42,55,57H,10-30,33,39-40H2,1-9H3. The van der Waals surface area contributed by atoms with Crippen molar-refractivity contribution in [3.63, 3.8) is 0 Å². The minimum absolute atomic E-state index is 0.0333. The van der Waals surface area contributed by atoms with Crippen molar-refractivity contribution < 1.29 is 17.9 Å². The molecule has 3 unspecified atom stereocenters. The van der Waals surface area contributed by atoms with Gasteiger partial charge in [-0.05, 0) is 79.8 Å². The Labute approximate surface area is 390 Å². The molecule has 2 N–H and O–H groups in total.